The summed E-state index contributed by atoms with van der Waals surface area (Å²) in [5, 5.41) is 0.220. The highest BCUT2D eigenvalue weighted by Crippen LogP contribution is 2.24. The molecule has 0 spiro atoms. The van der Waals surface area contributed by atoms with Crippen LogP contribution in [0.4, 0.5) is 0 Å². The molecule has 0 radical (unpaired) electrons. The number of rotatable bonds is 1. The SMILES string of the molecule is O=S(=O)(O)c1ccc(Cl)cc1Cl.[AlH3]. The van der Waals surface area contributed by atoms with E-state index in [1.165, 1.54) is 12.1 Å². The van der Waals surface area contributed by atoms with E-state index in [1.54, 1.807) is 0 Å². The molecule has 0 fully saturated rings. The zero-order valence-corrected chi connectivity index (χ0v) is 7.99. The van der Waals surface area contributed by atoms with E-state index in [2.05, 4.69) is 0 Å². The van der Waals surface area contributed by atoms with Crippen LogP contribution in [0.3, 0.4) is 0 Å². The van der Waals surface area contributed by atoms with Crippen LogP contribution in [-0.4, -0.2) is 30.3 Å². The molecular weight excluding hydrogens is 250 g/mol. The van der Waals surface area contributed by atoms with Gasteiger partial charge in [0.05, 0.1) is 5.02 Å². The molecule has 0 aliphatic heterocycles. The summed E-state index contributed by atoms with van der Waals surface area (Å²) in [6, 6.07) is 3.71. The van der Waals surface area contributed by atoms with Crippen molar-refractivity contribution in [2.45, 2.75) is 4.90 Å². The molecule has 0 aliphatic rings. The predicted octanol–water partition coefficient (Wildman–Crippen LogP) is 1.06. The van der Waals surface area contributed by atoms with Gasteiger partial charge in [0.15, 0.2) is 17.4 Å². The standard InChI is InChI=1S/C6H4Cl2O3S.Al.3H/c7-4-1-2-6(5(8)3-4)12(9,10)11;;;;/h1-3H,(H,9,10,11);;;;. The summed E-state index contributed by atoms with van der Waals surface area (Å²) in [7, 11) is -4.24. The first-order valence-electron chi connectivity index (χ1n) is 2.84. The molecule has 1 N–H and O–H groups in total. The molecule has 0 heterocycles. The fraction of sp³-hybridized carbons (Fsp3) is 0. The summed E-state index contributed by atoms with van der Waals surface area (Å²) in [5.41, 5.74) is 0. The minimum Gasteiger partial charge on any atom is -0.282 e. The van der Waals surface area contributed by atoms with Crippen molar-refractivity contribution in [2.75, 3.05) is 0 Å². The lowest BCUT2D eigenvalue weighted by molar-refractivity contribution is 0.483. The predicted molar refractivity (Wildman–Crippen MR) is 56.2 cm³/mol. The maximum atomic E-state index is 10.6. The largest absolute Gasteiger partial charge is 0.296 e. The summed E-state index contributed by atoms with van der Waals surface area (Å²) in [4.78, 5) is -0.339. The van der Waals surface area contributed by atoms with Crippen LogP contribution in [0.5, 0.6) is 0 Å². The van der Waals surface area contributed by atoms with Crippen molar-refractivity contribution in [3.05, 3.63) is 28.2 Å². The second-order valence-electron chi connectivity index (χ2n) is 2.05. The molecule has 0 atom stereocenters. The molecule has 72 valence electrons. The van der Waals surface area contributed by atoms with Crippen LogP contribution >= 0.6 is 23.2 Å². The van der Waals surface area contributed by atoms with Crippen molar-refractivity contribution < 1.29 is 13.0 Å². The van der Waals surface area contributed by atoms with Gasteiger partial charge in [-0.2, -0.15) is 8.42 Å². The van der Waals surface area contributed by atoms with Crippen LogP contribution in [0.15, 0.2) is 23.1 Å². The second kappa shape index (κ2) is 4.65. The van der Waals surface area contributed by atoms with E-state index in [4.69, 9.17) is 27.8 Å². The molecule has 1 aromatic rings. The van der Waals surface area contributed by atoms with Crippen molar-refractivity contribution in [3.8, 4) is 0 Å². The number of benzene rings is 1. The van der Waals surface area contributed by atoms with Crippen molar-refractivity contribution in [1.29, 1.82) is 0 Å². The van der Waals surface area contributed by atoms with Gasteiger partial charge in [-0.05, 0) is 18.2 Å². The van der Waals surface area contributed by atoms with Crippen molar-refractivity contribution in [1.82, 2.24) is 0 Å². The van der Waals surface area contributed by atoms with Gasteiger partial charge in [-0.25, -0.2) is 0 Å². The van der Waals surface area contributed by atoms with Gasteiger partial charge in [0.25, 0.3) is 10.1 Å². The molecule has 1 aromatic carbocycles. The zero-order valence-electron chi connectivity index (χ0n) is 5.66. The first kappa shape index (κ1) is 13.2. The maximum absolute atomic E-state index is 10.6. The molecule has 0 aliphatic carbocycles. The normalized spacial score (nSPS) is 10.7. The molecular formula is C6H7AlCl2O3S. The molecule has 1 rings (SSSR count). The lowest BCUT2D eigenvalue weighted by atomic mass is 10.4. The minimum atomic E-state index is -4.24. The minimum absolute atomic E-state index is 0. The third kappa shape index (κ3) is 3.47. The smallest absolute Gasteiger partial charge is 0.282 e. The first-order chi connectivity index (χ1) is 5.41. The zero-order chi connectivity index (χ0) is 9.35. The van der Waals surface area contributed by atoms with E-state index in [-0.39, 0.29) is 27.3 Å². The van der Waals surface area contributed by atoms with Crippen LogP contribution < -0.4 is 0 Å². The lowest BCUT2D eigenvalue weighted by Crippen LogP contribution is -1.98. The van der Waals surface area contributed by atoms with E-state index in [0.29, 0.717) is 5.02 Å². The van der Waals surface area contributed by atoms with Crippen LogP contribution in [-0.2, 0) is 10.1 Å². The van der Waals surface area contributed by atoms with E-state index in [0.717, 1.165) is 6.07 Å². The monoisotopic (exact) mass is 256 g/mol. The van der Waals surface area contributed by atoms with E-state index in [1.807, 2.05) is 0 Å². The molecule has 7 heteroatoms. The molecule has 3 nitrogen and oxygen atoms in total. The van der Waals surface area contributed by atoms with Crippen LogP contribution in [0, 0.1) is 0 Å². The van der Waals surface area contributed by atoms with Crippen molar-refractivity contribution >= 4 is 50.7 Å². The van der Waals surface area contributed by atoms with E-state index in [9.17, 15) is 8.42 Å². The van der Waals surface area contributed by atoms with Gasteiger partial charge in [0.2, 0.25) is 0 Å². The highest BCUT2D eigenvalue weighted by atomic mass is 35.5. The van der Waals surface area contributed by atoms with Gasteiger partial charge in [0.1, 0.15) is 4.90 Å². The Morgan fingerprint density at radius 1 is 1.23 bits per heavy atom. The summed E-state index contributed by atoms with van der Waals surface area (Å²) < 4.78 is 29.8. The molecule has 13 heavy (non-hydrogen) atoms. The molecule has 0 aromatic heterocycles. The lowest BCUT2D eigenvalue weighted by Gasteiger charge is -1.99. The summed E-state index contributed by atoms with van der Waals surface area (Å²) in [6.45, 7) is 0. The average molecular weight is 257 g/mol. The Morgan fingerprint density at radius 2 is 1.77 bits per heavy atom. The van der Waals surface area contributed by atoms with E-state index < -0.39 is 10.1 Å². The van der Waals surface area contributed by atoms with Gasteiger partial charge in [0, 0.05) is 5.02 Å². The second-order valence-corrected chi connectivity index (χ2v) is 4.28. The fourth-order valence-electron chi connectivity index (χ4n) is 0.684. The highest BCUT2D eigenvalue weighted by Gasteiger charge is 2.13. The molecule has 0 bridgehead atoms. The fourth-order valence-corrected chi connectivity index (χ4v) is 1.93. The summed E-state index contributed by atoms with van der Waals surface area (Å²) in [5.74, 6) is 0. The first-order valence-corrected chi connectivity index (χ1v) is 5.03. The number of halogens is 2. The van der Waals surface area contributed by atoms with Crippen molar-refractivity contribution in [2.24, 2.45) is 0 Å². The van der Waals surface area contributed by atoms with Gasteiger partial charge in [-0.1, -0.05) is 23.2 Å². The van der Waals surface area contributed by atoms with E-state index >= 15 is 0 Å². The number of hydrogen-bond acceptors (Lipinski definition) is 2. The van der Waals surface area contributed by atoms with Crippen LogP contribution in [0.25, 0.3) is 0 Å². The Morgan fingerprint density at radius 3 is 2.15 bits per heavy atom. The third-order valence-corrected chi connectivity index (χ3v) is 2.74. The molecule has 0 saturated carbocycles. The average Bonchev–Trinajstić information content (AvgIpc) is 1.83. The highest BCUT2D eigenvalue weighted by molar-refractivity contribution is 7.86. The molecule has 0 saturated heterocycles. The quantitative estimate of drug-likeness (QED) is 0.604. The van der Waals surface area contributed by atoms with Gasteiger partial charge < -0.3 is 0 Å². The van der Waals surface area contributed by atoms with Crippen LogP contribution in [0.2, 0.25) is 10.0 Å². The van der Waals surface area contributed by atoms with Crippen molar-refractivity contribution in [3.63, 3.8) is 0 Å². The van der Waals surface area contributed by atoms with Gasteiger partial charge >= 0.3 is 0 Å². The summed E-state index contributed by atoms with van der Waals surface area (Å²) in [6.07, 6.45) is 0. The summed E-state index contributed by atoms with van der Waals surface area (Å²) >= 11 is 11.0. The van der Waals surface area contributed by atoms with Crippen LogP contribution in [0.1, 0.15) is 0 Å². The van der Waals surface area contributed by atoms with Gasteiger partial charge in [-0.3, -0.25) is 4.55 Å². The molecule has 0 unspecified atom stereocenters. The third-order valence-electron chi connectivity index (χ3n) is 1.17. The Kier molecular flexibility index (Phi) is 4.74. The Balaban J connectivity index is 0.00000144. The number of hydrogen-bond donors (Lipinski definition) is 1. The Hall–Kier alpha value is 0.242. The molecule has 0 amide bonds. The topological polar surface area (TPSA) is 54.4 Å². The Bertz CT molecular complexity index is 404. The Labute approximate surface area is 96.5 Å². The maximum Gasteiger partial charge on any atom is 0.296 e. The van der Waals surface area contributed by atoms with Gasteiger partial charge in [-0.15, -0.1) is 0 Å².